The highest BCUT2D eigenvalue weighted by atomic mass is 35.5. The Kier molecular flexibility index (Phi) is 8.93. The SMILES string of the molecule is COC(=O)Cc1ccccc1OC[C@@](C)(O)CNC1CCN(Cc2ccc(Cl)cc2)CC1. The molecular formula is C25H33ClN2O4. The van der Waals surface area contributed by atoms with E-state index in [1.165, 1.54) is 12.7 Å². The molecule has 0 aromatic heterocycles. The van der Waals surface area contributed by atoms with Crippen LogP contribution >= 0.6 is 11.6 Å². The molecule has 0 aliphatic carbocycles. The van der Waals surface area contributed by atoms with Gasteiger partial charge in [0.15, 0.2) is 0 Å². The zero-order valence-electron chi connectivity index (χ0n) is 18.9. The Hall–Kier alpha value is -2.12. The van der Waals surface area contributed by atoms with Gasteiger partial charge in [0, 0.05) is 29.7 Å². The number of carbonyl (C=O) groups excluding carboxylic acids is 1. The lowest BCUT2D eigenvalue weighted by Gasteiger charge is -2.34. The number of aliphatic hydroxyl groups is 1. The molecule has 2 aromatic carbocycles. The Morgan fingerprint density at radius 2 is 1.88 bits per heavy atom. The maximum absolute atomic E-state index is 11.6. The first-order chi connectivity index (χ1) is 15.3. The van der Waals surface area contributed by atoms with Gasteiger partial charge in [-0.25, -0.2) is 0 Å². The van der Waals surface area contributed by atoms with E-state index >= 15 is 0 Å². The second-order valence-corrected chi connectivity index (χ2v) is 9.14. The molecule has 174 valence electrons. The van der Waals surface area contributed by atoms with E-state index in [2.05, 4.69) is 22.3 Å². The number of carbonyl (C=O) groups is 1. The van der Waals surface area contributed by atoms with Crippen LogP contribution in [0, 0.1) is 0 Å². The van der Waals surface area contributed by atoms with Crippen LogP contribution in [0.4, 0.5) is 0 Å². The number of esters is 1. The molecule has 1 heterocycles. The Labute approximate surface area is 195 Å². The number of benzene rings is 2. The summed E-state index contributed by atoms with van der Waals surface area (Å²) in [7, 11) is 1.37. The van der Waals surface area contributed by atoms with Gasteiger partial charge in [0.2, 0.25) is 0 Å². The number of hydrogen-bond acceptors (Lipinski definition) is 6. The van der Waals surface area contributed by atoms with E-state index < -0.39 is 5.60 Å². The molecule has 3 rings (SSSR count). The number of nitrogens with zero attached hydrogens (tertiary/aromatic N) is 1. The third-order valence-electron chi connectivity index (χ3n) is 5.75. The molecule has 0 saturated carbocycles. The van der Waals surface area contributed by atoms with Crippen LogP contribution in [0.2, 0.25) is 5.02 Å². The van der Waals surface area contributed by atoms with Gasteiger partial charge in [-0.15, -0.1) is 0 Å². The minimum absolute atomic E-state index is 0.133. The van der Waals surface area contributed by atoms with E-state index in [-0.39, 0.29) is 19.0 Å². The van der Waals surface area contributed by atoms with E-state index in [1.54, 1.807) is 13.0 Å². The van der Waals surface area contributed by atoms with Crippen LogP contribution in [-0.2, 0) is 22.5 Å². The van der Waals surface area contributed by atoms with Gasteiger partial charge >= 0.3 is 5.97 Å². The molecule has 1 aliphatic heterocycles. The molecule has 6 nitrogen and oxygen atoms in total. The van der Waals surface area contributed by atoms with Gasteiger partial charge in [-0.2, -0.15) is 0 Å². The molecule has 0 radical (unpaired) electrons. The largest absolute Gasteiger partial charge is 0.490 e. The Bertz CT molecular complexity index is 865. The number of para-hydroxylation sites is 1. The van der Waals surface area contributed by atoms with E-state index in [1.807, 2.05) is 30.3 Å². The summed E-state index contributed by atoms with van der Waals surface area (Å²) < 4.78 is 10.6. The highest BCUT2D eigenvalue weighted by molar-refractivity contribution is 6.30. The number of piperidine rings is 1. The molecule has 1 aliphatic rings. The quantitative estimate of drug-likeness (QED) is 0.529. The first-order valence-electron chi connectivity index (χ1n) is 11.0. The summed E-state index contributed by atoms with van der Waals surface area (Å²) in [4.78, 5) is 14.1. The maximum Gasteiger partial charge on any atom is 0.310 e. The molecule has 2 aromatic rings. The van der Waals surface area contributed by atoms with E-state index in [0.717, 1.165) is 43.1 Å². The van der Waals surface area contributed by atoms with Gasteiger partial charge in [0.25, 0.3) is 0 Å². The number of hydrogen-bond donors (Lipinski definition) is 2. The van der Waals surface area contributed by atoms with Crippen molar-refractivity contribution in [1.29, 1.82) is 0 Å². The fourth-order valence-corrected chi connectivity index (χ4v) is 3.94. The minimum Gasteiger partial charge on any atom is -0.490 e. The molecule has 1 atom stereocenters. The second-order valence-electron chi connectivity index (χ2n) is 8.70. The van der Waals surface area contributed by atoms with Crippen molar-refractivity contribution < 1.29 is 19.4 Å². The third-order valence-corrected chi connectivity index (χ3v) is 6.00. The van der Waals surface area contributed by atoms with Crippen molar-refractivity contribution in [3.8, 4) is 5.75 Å². The molecule has 1 fully saturated rings. The van der Waals surface area contributed by atoms with Crippen LogP contribution in [-0.4, -0.2) is 61.0 Å². The standard InChI is InChI=1S/C25H33ClN2O4/c1-25(30,18-32-23-6-4-3-5-20(23)15-24(29)31-2)17-27-22-11-13-28(14-12-22)16-19-7-9-21(26)10-8-19/h3-10,22,27,30H,11-18H2,1-2H3/t25-/m0/s1. The molecule has 32 heavy (non-hydrogen) atoms. The van der Waals surface area contributed by atoms with Crippen molar-refractivity contribution in [3.63, 3.8) is 0 Å². The molecule has 2 N–H and O–H groups in total. The van der Waals surface area contributed by atoms with Crippen molar-refractivity contribution in [3.05, 3.63) is 64.7 Å². The maximum atomic E-state index is 11.6. The normalized spacial score (nSPS) is 17.0. The number of likely N-dealkylation sites (tertiary alicyclic amines) is 1. The van der Waals surface area contributed by atoms with Gasteiger partial charge in [0.1, 0.15) is 18.0 Å². The van der Waals surface area contributed by atoms with E-state index in [0.29, 0.717) is 18.3 Å². The minimum atomic E-state index is -1.03. The summed E-state index contributed by atoms with van der Waals surface area (Å²) in [5, 5.41) is 15.1. The Morgan fingerprint density at radius 1 is 1.19 bits per heavy atom. The lowest BCUT2D eigenvalue weighted by Crippen LogP contribution is -2.49. The molecule has 7 heteroatoms. The van der Waals surface area contributed by atoms with Crippen LogP contribution in [0.3, 0.4) is 0 Å². The van der Waals surface area contributed by atoms with Crippen molar-refractivity contribution in [2.75, 3.05) is 33.4 Å². The molecule has 0 spiro atoms. The van der Waals surface area contributed by atoms with Crippen LogP contribution in [0.1, 0.15) is 30.9 Å². The number of rotatable bonds is 10. The summed E-state index contributed by atoms with van der Waals surface area (Å²) in [6.07, 6.45) is 2.21. The monoisotopic (exact) mass is 460 g/mol. The lowest BCUT2D eigenvalue weighted by atomic mass is 10.0. The summed E-state index contributed by atoms with van der Waals surface area (Å²) in [6.45, 7) is 5.29. The Balaban J connectivity index is 1.41. The predicted molar refractivity (Wildman–Crippen MR) is 126 cm³/mol. The predicted octanol–water partition coefficient (Wildman–Crippen LogP) is 3.44. The number of nitrogens with one attached hydrogen (secondary N) is 1. The average molecular weight is 461 g/mol. The Morgan fingerprint density at radius 3 is 2.56 bits per heavy atom. The van der Waals surface area contributed by atoms with Gasteiger partial charge in [0.05, 0.1) is 13.5 Å². The summed E-state index contributed by atoms with van der Waals surface area (Å²) in [6, 6.07) is 15.7. The first kappa shape index (κ1) is 24.5. The highest BCUT2D eigenvalue weighted by Crippen LogP contribution is 2.21. The first-order valence-corrected chi connectivity index (χ1v) is 11.4. The zero-order chi connectivity index (χ0) is 23.0. The van der Waals surface area contributed by atoms with Gasteiger partial charge in [-0.1, -0.05) is 41.9 Å². The van der Waals surface area contributed by atoms with Gasteiger partial charge < -0.3 is 19.9 Å². The van der Waals surface area contributed by atoms with Crippen molar-refractivity contribution >= 4 is 17.6 Å². The smallest absolute Gasteiger partial charge is 0.310 e. The fraction of sp³-hybridized carbons (Fsp3) is 0.480. The molecule has 0 bridgehead atoms. The molecule has 1 saturated heterocycles. The number of methoxy groups -OCH3 is 1. The second kappa shape index (κ2) is 11.7. The van der Waals surface area contributed by atoms with Crippen LogP contribution in [0.25, 0.3) is 0 Å². The molecular weight excluding hydrogens is 428 g/mol. The van der Waals surface area contributed by atoms with E-state index in [9.17, 15) is 9.90 Å². The van der Waals surface area contributed by atoms with Crippen molar-refractivity contribution in [2.24, 2.45) is 0 Å². The van der Waals surface area contributed by atoms with Gasteiger partial charge in [-0.3, -0.25) is 9.69 Å². The summed E-state index contributed by atoms with van der Waals surface area (Å²) >= 11 is 5.97. The van der Waals surface area contributed by atoms with Gasteiger partial charge in [-0.05, 0) is 56.6 Å². The summed E-state index contributed by atoms with van der Waals surface area (Å²) in [5.74, 6) is 0.269. The fourth-order valence-electron chi connectivity index (χ4n) is 3.81. The number of ether oxygens (including phenoxy) is 2. The summed E-state index contributed by atoms with van der Waals surface area (Å²) in [5.41, 5.74) is 0.989. The van der Waals surface area contributed by atoms with Crippen LogP contribution in [0.15, 0.2) is 48.5 Å². The molecule has 0 amide bonds. The zero-order valence-corrected chi connectivity index (χ0v) is 19.6. The average Bonchev–Trinajstić information content (AvgIpc) is 2.79. The van der Waals surface area contributed by atoms with Crippen LogP contribution in [0.5, 0.6) is 5.75 Å². The van der Waals surface area contributed by atoms with Crippen molar-refractivity contribution in [1.82, 2.24) is 10.2 Å². The highest BCUT2D eigenvalue weighted by Gasteiger charge is 2.26. The lowest BCUT2D eigenvalue weighted by molar-refractivity contribution is -0.139. The van der Waals surface area contributed by atoms with Crippen molar-refractivity contribution in [2.45, 2.75) is 44.4 Å². The van der Waals surface area contributed by atoms with E-state index in [4.69, 9.17) is 21.1 Å². The topological polar surface area (TPSA) is 71.0 Å². The van der Waals surface area contributed by atoms with Crippen LogP contribution < -0.4 is 10.1 Å². The number of halogens is 1. The third kappa shape index (κ3) is 7.78. The molecule has 0 unspecified atom stereocenters.